The van der Waals surface area contributed by atoms with E-state index in [1.807, 2.05) is 0 Å². The van der Waals surface area contributed by atoms with Gasteiger partial charge in [0.15, 0.2) is 0 Å². The second-order valence-electron chi connectivity index (χ2n) is 11.9. The number of aryl methyl sites for hydroxylation is 1. The zero-order chi connectivity index (χ0) is 21.5. The molecule has 0 amide bonds. The Labute approximate surface area is 186 Å². The van der Waals surface area contributed by atoms with E-state index in [0.717, 1.165) is 29.1 Å². The summed E-state index contributed by atoms with van der Waals surface area (Å²) >= 11 is 1.71. The largest absolute Gasteiger partial charge is 0.303 e. The molecule has 1 spiro atoms. The predicted octanol–water partition coefficient (Wildman–Crippen LogP) is 7.32. The minimum atomic E-state index is -2.22. The first-order valence-electron chi connectivity index (χ1n) is 12.3. The summed E-state index contributed by atoms with van der Waals surface area (Å²) in [5.41, 5.74) is 2.13. The molecule has 0 radical (unpaired) electrons. The van der Waals surface area contributed by atoms with Crippen LogP contribution in [0.1, 0.15) is 88.0 Å². The molecule has 170 valence electrons. The highest BCUT2D eigenvalue weighted by Crippen LogP contribution is 2.49. The van der Waals surface area contributed by atoms with Gasteiger partial charge in [-0.05, 0) is 99.3 Å². The third-order valence-corrected chi connectivity index (χ3v) is 9.59. The zero-order valence-corrected chi connectivity index (χ0v) is 20.3. The molecule has 1 saturated heterocycles. The number of rotatable bonds is 6. The summed E-state index contributed by atoms with van der Waals surface area (Å²) in [7, 11) is 0. The fourth-order valence-corrected chi connectivity index (χ4v) is 8.13. The third kappa shape index (κ3) is 5.11. The Kier molecular flexibility index (Phi) is 6.67. The van der Waals surface area contributed by atoms with E-state index in [4.69, 9.17) is 0 Å². The fraction of sp³-hybridized carbons (Fsp3) is 0.846. The molecule has 1 nitrogen and oxygen atoms in total. The van der Waals surface area contributed by atoms with Gasteiger partial charge in [-0.1, -0.05) is 27.7 Å². The molecule has 1 aliphatic heterocycles. The Morgan fingerprint density at radius 2 is 1.87 bits per heavy atom. The van der Waals surface area contributed by atoms with Crippen LogP contribution in [0.2, 0.25) is 0 Å². The summed E-state index contributed by atoms with van der Waals surface area (Å²) in [5, 5.41) is 0. The smallest absolute Gasteiger partial charge is 0.243 e. The number of hydrogen-bond donors (Lipinski definition) is 0. The van der Waals surface area contributed by atoms with Crippen molar-refractivity contribution in [2.75, 3.05) is 19.6 Å². The maximum absolute atomic E-state index is 12.9. The van der Waals surface area contributed by atoms with Crippen LogP contribution >= 0.6 is 11.3 Å². The molecule has 0 aromatic carbocycles. The monoisotopic (exact) mass is 437 g/mol. The van der Waals surface area contributed by atoms with Gasteiger partial charge in [0.2, 0.25) is 6.43 Å². The predicted molar refractivity (Wildman–Crippen MR) is 124 cm³/mol. The van der Waals surface area contributed by atoms with E-state index in [0.29, 0.717) is 10.8 Å². The lowest BCUT2D eigenvalue weighted by atomic mass is 9.65. The Morgan fingerprint density at radius 3 is 2.50 bits per heavy atom. The maximum Gasteiger partial charge on any atom is 0.243 e. The number of likely N-dealkylation sites (tertiary alicyclic amines) is 1. The van der Waals surface area contributed by atoms with E-state index in [2.05, 4.69) is 38.7 Å². The van der Waals surface area contributed by atoms with Gasteiger partial charge in [-0.25, -0.2) is 8.78 Å². The molecule has 1 saturated carbocycles. The topological polar surface area (TPSA) is 3.24 Å². The van der Waals surface area contributed by atoms with Crippen molar-refractivity contribution in [2.45, 2.75) is 97.3 Å². The average molecular weight is 438 g/mol. The van der Waals surface area contributed by atoms with Crippen molar-refractivity contribution in [3.8, 4) is 0 Å². The molecule has 1 unspecified atom stereocenters. The van der Waals surface area contributed by atoms with Crippen LogP contribution in [0.25, 0.3) is 0 Å². The quantitative estimate of drug-likeness (QED) is 0.450. The molecule has 4 rings (SSSR count). The van der Waals surface area contributed by atoms with E-state index < -0.39 is 6.43 Å². The molecule has 0 bridgehead atoms. The lowest BCUT2D eigenvalue weighted by Crippen LogP contribution is -2.47. The van der Waals surface area contributed by atoms with Crippen LogP contribution in [-0.2, 0) is 18.3 Å². The van der Waals surface area contributed by atoms with E-state index >= 15 is 0 Å². The van der Waals surface area contributed by atoms with Gasteiger partial charge in [0.1, 0.15) is 0 Å². The standard InChI is InChI=1S/C26H41F2NS/c1-18(16-25(2,3)4)21-12-19(13-21)17-29-10-8-26(9-11-29)7-5-6-20-14-22(15-23(27)28)30-24(20)26/h14,18-19,21,23H,5-13,15-17H2,1-4H3. The van der Waals surface area contributed by atoms with Crippen LogP contribution in [0, 0.1) is 23.2 Å². The van der Waals surface area contributed by atoms with Gasteiger partial charge in [-0.2, -0.15) is 0 Å². The molecule has 1 aromatic heterocycles. The normalized spacial score (nSPS) is 27.8. The number of fused-ring (bicyclic) bond motifs is 2. The summed E-state index contributed by atoms with van der Waals surface area (Å²) in [4.78, 5) is 5.09. The first-order valence-corrected chi connectivity index (χ1v) is 13.1. The lowest BCUT2D eigenvalue weighted by molar-refractivity contribution is 0.0545. The minimum absolute atomic E-state index is 0.0592. The van der Waals surface area contributed by atoms with Crippen molar-refractivity contribution in [1.29, 1.82) is 0 Å². The highest BCUT2D eigenvalue weighted by atomic mass is 32.1. The van der Waals surface area contributed by atoms with Gasteiger partial charge in [0.25, 0.3) is 0 Å². The second-order valence-corrected chi connectivity index (χ2v) is 13.1. The van der Waals surface area contributed by atoms with Gasteiger partial charge >= 0.3 is 0 Å². The van der Waals surface area contributed by atoms with E-state index in [1.165, 1.54) is 75.0 Å². The number of thiophene rings is 1. The Bertz CT molecular complexity index is 705. The van der Waals surface area contributed by atoms with Gasteiger partial charge in [-0.15, -0.1) is 11.3 Å². The average Bonchev–Trinajstić information content (AvgIpc) is 3.01. The molecule has 4 heteroatoms. The van der Waals surface area contributed by atoms with Crippen molar-refractivity contribution in [2.24, 2.45) is 23.2 Å². The van der Waals surface area contributed by atoms with Crippen LogP contribution in [0.15, 0.2) is 6.07 Å². The van der Waals surface area contributed by atoms with Crippen molar-refractivity contribution < 1.29 is 8.78 Å². The molecule has 0 N–H and O–H groups in total. The van der Waals surface area contributed by atoms with Crippen LogP contribution in [0.3, 0.4) is 0 Å². The van der Waals surface area contributed by atoms with Crippen LogP contribution in [-0.4, -0.2) is 31.0 Å². The molecule has 3 aliphatic rings. The van der Waals surface area contributed by atoms with Gasteiger partial charge < -0.3 is 4.90 Å². The van der Waals surface area contributed by atoms with Crippen molar-refractivity contribution in [3.63, 3.8) is 0 Å². The molecule has 2 aliphatic carbocycles. The zero-order valence-electron chi connectivity index (χ0n) is 19.5. The number of halogens is 2. The summed E-state index contributed by atoms with van der Waals surface area (Å²) in [6.07, 6.45) is 7.94. The summed E-state index contributed by atoms with van der Waals surface area (Å²) in [6.45, 7) is 13.2. The summed E-state index contributed by atoms with van der Waals surface area (Å²) in [6, 6.07) is 2.10. The van der Waals surface area contributed by atoms with Crippen LogP contribution < -0.4 is 0 Å². The lowest BCUT2D eigenvalue weighted by Gasteiger charge is -2.47. The molecular weight excluding hydrogens is 396 g/mol. The molecule has 30 heavy (non-hydrogen) atoms. The van der Waals surface area contributed by atoms with Crippen LogP contribution in [0.4, 0.5) is 8.78 Å². The first-order chi connectivity index (χ1) is 14.1. The molecule has 2 heterocycles. The van der Waals surface area contributed by atoms with Crippen molar-refractivity contribution >= 4 is 11.3 Å². The molecule has 2 fully saturated rings. The number of piperidine rings is 1. The second kappa shape index (κ2) is 8.81. The minimum Gasteiger partial charge on any atom is -0.303 e. The maximum atomic E-state index is 12.9. The highest BCUT2D eigenvalue weighted by molar-refractivity contribution is 7.12. The molecule has 1 atom stereocenters. The van der Waals surface area contributed by atoms with E-state index in [9.17, 15) is 8.78 Å². The highest BCUT2D eigenvalue weighted by Gasteiger charge is 2.42. The Morgan fingerprint density at radius 1 is 1.17 bits per heavy atom. The summed E-state index contributed by atoms with van der Waals surface area (Å²) in [5.74, 6) is 2.69. The SMILES string of the molecule is CC(CC(C)(C)C)C1CC(CN2CCC3(CCCc4cc(CC(F)F)sc43)CC2)C1. The fourth-order valence-electron chi connectivity index (χ4n) is 6.64. The van der Waals surface area contributed by atoms with E-state index in [-0.39, 0.29) is 6.42 Å². The van der Waals surface area contributed by atoms with Gasteiger partial charge in [0, 0.05) is 28.1 Å². The van der Waals surface area contributed by atoms with Crippen molar-refractivity contribution in [3.05, 3.63) is 21.4 Å². The number of alkyl halides is 2. The van der Waals surface area contributed by atoms with Gasteiger partial charge in [-0.3, -0.25) is 0 Å². The molecule has 1 aromatic rings. The Hall–Kier alpha value is -0.480. The first kappa shape index (κ1) is 22.7. The van der Waals surface area contributed by atoms with Crippen LogP contribution in [0.5, 0.6) is 0 Å². The van der Waals surface area contributed by atoms with E-state index in [1.54, 1.807) is 11.3 Å². The Balaban J connectivity index is 1.28. The number of nitrogens with zero attached hydrogens (tertiary/aromatic N) is 1. The molecular formula is C26H41F2NS. The third-order valence-electron chi connectivity index (χ3n) is 8.14. The van der Waals surface area contributed by atoms with Gasteiger partial charge in [0.05, 0.1) is 0 Å². The summed E-state index contributed by atoms with van der Waals surface area (Å²) < 4.78 is 25.8. The number of hydrogen-bond acceptors (Lipinski definition) is 2. The van der Waals surface area contributed by atoms with Crippen molar-refractivity contribution in [1.82, 2.24) is 4.90 Å².